The SMILES string of the molecule is COc1cc(OC)cc(-n2cnc3cc(C(=O)Nc4cc(-c5ccccc5)[nH]n4)ccc32)c1. The van der Waals surface area contributed by atoms with Crippen LogP contribution in [0.3, 0.4) is 0 Å². The second kappa shape index (κ2) is 8.51. The van der Waals surface area contributed by atoms with E-state index in [1.807, 2.05) is 59.2 Å². The van der Waals surface area contributed by atoms with Crippen molar-refractivity contribution in [1.29, 1.82) is 0 Å². The quantitative estimate of drug-likeness (QED) is 0.400. The van der Waals surface area contributed by atoms with Crippen LogP contribution in [0.5, 0.6) is 11.5 Å². The molecule has 0 aliphatic heterocycles. The zero-order valence-electron chi connectivity index (χ0n) is 18.1. The fourth-order valence-corrected chi connectivity index (χ4v) is 3.63. The number of hydrogen-bond acceptors (Lipinski definition) is 5. The van der Waals surface area contributed by atoms with Crippen molar-refractivity contribution in [3.63, 3.8) is 0 Å². The van der Waals surface area contributed by atoms with Crippen LogP contribution >= 0.6 is 0 Å². The van der Waals surface area contributed by atoms with Gasteiger partial charge in [-0.05, 0) is 23.8 Å². The molecule has 0 aliphatic rings. The van der Waals surface area contributed by atoms with Gasteiger partial charge in [0, 0.05) is 29.8 Å². The number of aromatic nitrogens is 4. The van der Waals surface area contributed by atoms with E-state index in [-0.39, 0.29) is 5.91 Å². The molecule has 2 N–H and O–H groups in total. The Morgan fingerprint density at radius 2 is 1.70 bits per heavy atom. The molecule has 2 aromatic heterocycles. The van der Waals surface area contributed by atoms with Gasteiger partial charge in [0.15, 0.2) is 5.82 Å². The molecule has 0 saturated carbocycles. The van der Waals surface area contributed by atoms with Crippen LogP contribution in [0.4, 0.5) is 5.82 Å². The van der Waals surface area contributed by atoms with E-state index in [9.17, 15) is 4.79 Å². The van der Waals surface area contributed by atoms with Crippen molar-refractivity contribution < 1.29 is 14.3 Å². The van der Waals surface area contributed by atoms with E-state index in [1.54, 1.807) is 38.7 Å². The third kappa shape index (κ3) is 4.01. The fourth-order valence-electron chi connectivity index (χ4n) is 3.63. The van der Waals surface area contributed by atoms with Gasteiger partial charge in [-0.3, -0.25) is 14.5 Å². The third-order valence-electron chi connectivity index (χ3n) is 5.33. The van der Waals surface area contributed by atoms with Gasteiger partial charge in [-0.1, -0.05) is 30.3 Å². The van der Waals surface area contributed by atoms with Crippen LogP contribution < -0.4 is 14.8 Å². The summed E-state index contributed by atoms with van der Waals surface area (Å²) in [6.07, 6.45) is 1.71. The van der Waals surface area contributed by atoms with Gasteiger partial charge < -0.3 is 14.8 Å². The Morgan fingerprint density at radius 3 is 2.42 bits per heavy atom. The summed E-state index contributed by atoms with van der Waals surface area (Å²) in [5.74, 6) is 1.54. The van der Waals surface area contributed by atoms with Crippen LogP contribution in [0.1, 0.15) is 10.4 Å². The summed E-state index contributed by atoms with van der Waals surface area (Å²) in [4.78, 5) is 17.3. The number of methoxy groups -OCH3 is 2. The van der Waals surface area contributed by atoms with Gasteiger partial charge in [0.25, 0.3) is 5.91 Å². The van der Waals surface area contributed by atoms with E-state index in [0.29, 0.717) is 28.4 Å². The number of imidazole rings is 1. The second-order valence-corrected chi connectivity index (χ2v) is 7.38. The van der Waals surface area contributed by atoms with Crippen molar-refractivity contribution in [3.8, 4) is 28.4 Å². The molecule has 3 aromatic carbocycles. The molecule has 0 saturated heterocycles. The van der Waals surface area contributed by atoms with E-state index in [0.717, 1.165) is 22.5 Å². The molecule has 0 aliphatic carbocycles. The van der Waals surface area contributed by atoms with E-state index in [1.165, 1.54) is 0 Å². The predicted molar refractivity (Wildman–Crippen MR) is 126 cm³/mol. The number of anilines is 1. The number of nitrogens with zero attached hydrogens (tertiary/aromatic N) is 3. The Hall–Kier alpha value is -4.59. The summed E-state index contributed by atoms with van der Waals surface area (Å²) >= 11 is 0. The predicted octanol–water partition coefficient (Wildman–Crippen LogP) is 4.69. The van der Waals surface area contributed by atoms with Gasteiger partial charge in [0.05, 0.1) is 36.6 Å². The number of fused-ring (bicyclic) bond motifs is 1. The maximum absolute atomic E-state index is 12.8. The monoisotopic (exact) mass is 439 g/mol. The van der Waals surface area contributed by atoms with E-state index >= 15 is 0 Å². The molecule has 2 heterocycles. The molecule has 5 rings (SSSR count). The summed E-state index contributed by atoms with van der Waals surface area (Å²) in [5, 5.41) is 9.98. The molecule has 0 radical (unpaired) electrons. The highest BCUT2D eigenvalue weighted by Gasteiger charge is 2.13. The summed E-state index contributed by atoms with van der Waals surface area (Å²) in [7, 11) is 3.22. The van der Waals surface area contributed by atoms with Crippen LogP contribution in [0.15, 0.2) is 79.1 Å². The lowest BCUT2D eigenvalue weighted by atomic mass is 10.1. The molecule has 0 fully saturated rings. The molecular formula is C25H21N5O3. The molecule has 0 bridgehead atoms. The van der Waals surface area contributed by atoms with E-state index < -0.39 is 0 Å². The lowest BCUT2D eigenvalue weighted by molar-refractivity contribution is 0.102. The second-order valence-electron chi connectivity index (χ2n) is 7.38. The Morgan fingerprint density at radius 1 is 0.939 bits per heavy atom. The largest absolute Gasteiger partial charge is 0.497 e. The number of benzene rings is 3. The van der Waals surface area contributed by atoms with Gasteiger partial charge in [-0.25, -0.2) is 4.98 Å². The van der Waals surface area contributed by atoms with Gasteiger partial charge >= 0.3 is 0 Å². The summed E-state index contributed by atoms with van der Waals surface area (Å²) in [5.41, 5.74) is 4.70. The van der Waals surface area contributed by atoms with Crippen molar-refractivity contribution in [2.45, 2.75) is 0 Å². The molecule has 8 heteroatoms. The molecule has 164 valence electrons. The number of carbonyl (C=O) groups is 1. The van der Waals surface area contributed by atoms with Crippen LogP contribution in [0.2, 0.25) is 0 Å². The van der Waals surface area contributed by atoms with Crippen LogP contribution in [-0.2, 0) is 0 Å². The van der Waals surface area contributed by atoms with Gasteiger partial charge in [0.2, 0.25) is 0 Å². The van der Waals surface area contributed by atoms with Crippen LogP contribution in [-0.4, -0.2) is 39.9 Å². The van der Waals surface area contributed by atoms with Gasteiger partial charge in [-0.15, -0.1) is 0 Å². The summed E-state index contributed by atoms with van der Waals surface area (Å²) in [6.45, 7) is 0. The average molecular weight is 439 g/mol. The van der Waals surface area contributed by atoms with Gasteiger partial charge in [0.1, 0.15) is 17.8 Å². The molecular weight excluding hydrogens is 418 g/mol. The molecule has 8 nitrogen and oxygen atoms in total. The number of nitrogens with one attached hydrogen (secondary N) is 2. The number of H-pyrrole nitrogens is 1. The molecule has 1 amide bonds. The normalized spacial score (nSPS) is 10.8. The third-order valence-corrected chi connectivity index (χ3v) is 5.33. The molecule has 5 aromatic rings. The number of carbonyl (C=O) groups excluding carboxylic acids is 1. The lowest BCUT2D eigenvalue weighted by Gasteiger charge is -2.10. The Balaban J connectivity index is 1.40. The highest BCUT2D eigenvalue weighted by atomic mass is 16.5. The first-order chi connectivity index (χ1) is 16.1. The summed E-state index contributed by atoms with van der Waals surface area (Å²) < 4.78 is 12.7. The number of ether oxygens (including phenoxy) is 2. The fraction of sp³-hybridized carbons (Fsp3) is 0.0800. The Kier molecular flexibility index (Phi) is 5.24. The van der Waals surface area contributed by atoms with Crippen LogP contribution in [0, 0.1) is 0 Å². The first-order valence-electron chi connectivity index (χ1n) is 10.3. The minimum absolute atomic E-state index is 0.263. The van der Waals surface area contributed by atoms with Crippen molar-refractivity contribution in [2.24, 2.45) is 0 Å². The molecule has 33 heavy (non-hydrogen) atoms. The number of amides is 1. The molecule has 0 unspecified atom stereocenters. The topological polar surface area (TPSA) is 94.1 Å². The molecule has 0 spiro atoms. The number of hydrogen-bond donors (Lipinski definition) is 2. The lowest BCUT2D eigenvalue weighted by Crippen LogP contribution is -2.12. The highest BCUT2D eigenvalue weighted by molar-refractivity contribution is 6.05. The van der Waals surface area contributed by atoms with E-state index in [4.69, 9.17) is 9.47 Å². The van der Waals surface area contributed by atoms with E-state index in [2.05, 4.69) is 20.5 Å². The minimum atomic E-state index is -0.263. The van der Waals surface area contributed by atoms with Crippen LogP contribution in [0.25, 0.3) is 28.0 Å². The molecule has 0 atom stereocenters. The Bertz CT molecular complexity index is 1420. The summed E-state index contributed by atoms with van der Waals surface area (Å²) in [6, 6.07) is 22.6. The zero-order valence-corrected chi connectivity index (χ0v) is 18.1. The first-order valence-corrected chi connectivity index (χ1v) is 10.3. The van der Waals surface area contributed by atoms with Crippen molar-refractivity contribution in [3.05, 3.63) is 84.7 Å². The standard InChI is InChI=1S/C25H21N5O3/c1-32-19-11-18(12-20(13-19)33-2)30-15-26-22-10-17(8-9-23(22)30)25(31)27-24-14-21(28-29-24)16-6-4-3-5-7-16/h3-15H,1-2H3,(H2,27,28,29,31). The number of aromatic amines is 1. The van der Waals surface area contributed by atoms with Gasteiger partial charge in [-0.2, -0.15) is 5.10 Å². The first kappa shape index (κ1) is 20.3. The maximum Gasteiger partial charge on any atom is 0.256 e. The van der Waals surface area contributed by atoms with Crippen molar-refractivity contribution in [2.75, 3.05) is 19.5 Å². The number of rotatable bonds is 6. The Labute approximate surface area is 189 Å². The maximum atomic E-state index is 12.8. The highest BCUT2D eigenvalue weighted by Crippen LogP contribution is 2.28. The van der Waals surface area contributed by atoms with Crippen molar-refractivity contribution >= 4 is 22.8 Å². The van der Waals surface area contributed by atoms with Crippen molar-refractivity contribution in [1.82, 2.24) is 19.7 Å². The zero-order chi connectivity index (χ0) is 22.8. The smallest absolute Gasteiger partial charge is 0.256 e. The average Bonchev–Trinajstić information content (AvgIpc) is 3.51. The minimum Gasteiger partial charge on any atom is -0.497 e.